The summed E-state index contributed by atoms with van der Waals surface area (Å²) in [5.74, 6) is 2.07. The maximum Gasteiger partial charge on any atom is 0.162 e. The minimum absolute atomic E-state index is 0.151. The summed E-state index contributed by atoms with van der Waals surface area (Å²) < 4.78 is 16.7. The van der Waals surface area contributed by atoms with Crippen LogP contribution in [0.5, 0.6) is 23.0 Å². The molecule has 2 N–H and O–H groups in total. The lowest BCUT2D eigenvalue weighted by molar-refractivity contribution is 0.313. The Kier molecular flexibility index (Phi) is 6.84. The van der Waals surface area contributed by atoms with Gasteiger partial charge in [0.25, 0.3) is 0 Å². The first kappa shape index (κ1) is 22.7. The molecule has 3 aromatic carbocycles. The fourth-order valence-electron chi connectivity index (χ4n) is 4.13. The van der Waals surface area contributed by atoms with Crippen molar-refractivity contribution in [2.24, 2.45) is 4.99 Å². The molecule has 0 radical (unpaired) electrons. The Labute approximate surface area is 194 Å². The van der Waals surface area contributed by atoms with Gasteiger partial charge in [0.1, 0.15) is 17.7 Å². The number of aromatic hydroxyl groups is 1. The molecule has 2 atom stereocenters. The van der Waals surface area contributed by atoms with Crippen molar-refractivity contribution in [2.75, 3.05) is 20.8 Å². The average Bonchev–Trinajstić information content (AvgIpc) is 2.85. The quantitative estimate of drug-likeness (QED) is 0.513. The number of methoxy groups -OCH3 is 2. The van der Waals surface area contributed by atoms with Crippen LogP contribution in [0.1, 0.15) is 47.8 Å². The predicted molar refractivity (Wildman–Crippen MR) is 130 cm³/mol. The summed E-state index contributed by atoms with van der Waals surface area (Å²) in [7, 11) is 3.29. The van der Waals surface area contributed by atoms with Crippen LogP contribution in [0.15, 0.2) is 65.7 Å². The molecule has 6 heteroatoms. The standard InChI is InChI=1S/C27H30N2O4/c1-5-33-25-8-6-7-20(26(25)30)23-16-22(18-11-9-17(2)10-12-18)28-27(29-23)21-15-19(31-3)13-14-24(21)32-4/h6-15,23,27,29-30H,5,16H2,1-4H3/t23-,27-/m0/s1. The molecule has 1 aliphatic rings. The Hall–Kier alpha value is -3.51. The number of nitrogens with zero attached hydrogens (tertiary/aromatic N) is 1. The van der Waals surface area contributed by atoms with Gasteiger partial charge in [0, 0.05) is 29.3 Å². The summed E-state index contributed by atoms with van der Waals surface area (Å²) in [6.45, 7) is 4.45. The van der Waals surface area contributed by atoms with Crippen molar-refractivity contribution >= 4 is 5.71 Å². The average molecular weight is 447 g/mol. The summed E-state index contributed by atoms with van der Waals surface area (Å²) in [6, 6.07) is 19.5. The first-order valence-electron chi connectivity index (χ1n) is 11.1. The van der Waals surface area contributed by atoms with E-state index in [1.807, 2.05) is 37.3 Å². The van der Waals surface area contributed by atoms with Gasteiger partial charge in [-0.3, -0.25) is 10.3 Å². The van der Waals surface area contributed by atoms with Crippen molar-refractivity contribution in [3.8, 4) is 23.0 Å². The Bertz CT molecular complexity index is 1140. The van der Waals surface area contributed by atoms with Crippen LogP contribution in [-0.2, 0) is 0 Å². The maximum atomic E-state index is 11.0. The zero-order valence-corrected chi connectivity index (χ0v) is 19.5. The lowest BCUT2D eigenvalue weighted by Crippen LogP contribution is -2.33. The van der Waals surface area contributed by atoms with Gasteiger partial charge in [0.15, 0.2) is 11.5 Å². The highest BCUT2D eigenvalue weighted by Gasteiger charge is 2.30. The van der Waals surface area contributed by atoms with Crippen molar-refractivity contribution in [1.29, 1.82) is 0 Å². The topological polar surface area (TPSA) is 72.3 Å². The van der Waals surface area contributed by atoms with Gasteiger partial charge in [-0.2, -0.15) is 0 Å². The Morgan fingerprint density at radius 3 is 2.45 bits per heavy atom. The van der Waals surface area contributed by atoms with Gasteiger partial charge < -0.3 is 19.3 Å². The summed E-state index contributed by atoms with van der Waals surface area (Å²) in [6.07, 6.45) is 0.231. The highest BCUT2D eigenvalue weighted by atomic mass is 16.5. The molecule has 1 aliphatic heterocycles. The molecule has 0 saturated carbocycles. The van der Waals surface area contributed by atoms with Gasteiger partial charge in [0.2, 0.25) is 0 Å². The van der Waals surface area contributed by atoms with E-state index < -0.39 is 0 Å². The molecule has 6 nitrogen and oxygen atoms in total. The Morgan fingerprint density at radius 1 is 0.970 bits per heavy atom. The third-order valence-electron chi connectivity index (χ3n) is 5.86. The number of benzene rings is 3. The number of rotatable bonds is 7. The van der Waals surface area contributed by atoms with E-state index >= 15 is 0 Å². The molecule has 0 saturated heterocycles. The van der Waals surface area contributed by atoms with Crippen LogP contribution in [0.4, 0.5) is 0 Å². The number of aliphatic imine (C=N–C) groups is 1. The first-order chi connectivity index (χ1) is 16.0. The van der Waals surface area contributed by atoms with Gasteiger partial charge in [0.05, 0.1) is 20.8 Å². The van der Waals surface area contributed by atoms with Crippen LogP contribution in [0.3, 0.4) is 0 Å². The number of hydrogen-bond donors (Lipinski definition) is 2. The monoisotopic (exact) mass is 446 g/mol. The van der Waals surface area contributed by atoms with E-state index in [1.165, 1.54) is 5.56 Å². The van der Waals surface area contributed by atoms with E-state index in [0.29, 0.717) is 24.5 Å². The van der Waals surface area contributed by atoms with E-state index in [2.05, 4.69) is 36.5 Å². The smallest absolute Gasteiger partial charge is 0.162 e. The number of phenols is 1. The number of nitrogens with one attached hydrogen (secondary N) is 1. The second kappa shape index (κ2) is 9.96. The number of phenolic OH excluding ortho intramolecular Hbond substituents is 1. The second-order valence-corrected chi connectivity index (χ2v) is 8.00. The molecule has 3 aromatic rings. The first-order valence-corrected chi connectivity index (χ1v) is 11.1. The number of para-hydroxylation sites is 1. The van der Waals surface area contributed by atoms with Crippen molar-refractivity contribution in [3.63, 3.8) is 0 Å². The highest BCUT2D eigenvalue weighted by Crippen LogP contribution is 2.40. The molecular formula is C27H30N2O4. The van der Waals surface area contributed by atoms with E-state index in [4.69, 9.17) is 19.2 Å². The number of ether oxygens (including phenoxy) is 3. The SMILES string of the molecule is CCOc1cccc([C@@H]2CC(c3ccc(C)cc3)=N[C@H](c3cc(OC)ccc3OC)N2)c1O. The number of aryl methyl sites for hydroxylation is 1. The van der Waals surface area contributed by atoms with E-state index in [0.717, 1.165) is 28.2 Å². The maximum absolute atomic E-state index is 11.0. The van der Waals surface area contributed by atoms with E-state index in [1.54, 1.807) is 20.3 Å². The van der Waals surface area contributed by atoms with Crippen molar-refractivity contribution in [3.05, 3.63) is 82.9 Å². The molecule has 33 heavy (non-hydrogen) atoms. The second-order valence-electron chi connectivity index (χ2n) is 8.00. The van der Waals surface area contributed by atoms with Crippen LogP contribution in [0, 0.1) is 6.92 Å². The van der Waals surface area contributed by atoms with Crippen LogP contribution >= 0.6 is 0 Å². The molecule has 0 spiro atoms. The van der Waals surface area contributed by atoms with Gasteiger partial charge in [-0.1, -0.05) is 42.0 Å². The lowest BCUT2D eigenvalue weighted by Gasteiger charge is -2.32. The van der Waals surface area contributed by atoms with Gasteiger partial charge >= 0.3 is 0 Å². The largest absolute Gasteiger partial charge is 0.504 e. The van der Waals surface area contributed by atoms with Crippen LogP contribution in [0.2, 0.25) is 0 Å². The molecule has 172 valence electrons. The van der Waals surface area contributed by atoms with Crippen molar-refractivity contribution in [1.82, 2.24) is 5.32 Å². The van der Waals surface area contributed by atoms with Gasteiger partial charge in [-0.15, -0.1) is 0 Å². The third kappa shape index (κ3) is 4.81. The normalized spacial score (nSPS) is 17.9. The summed E-state index contributed by atoms with van der Waals surface area (Å²) in [5.41, 5.74) is 4.84. The van der Waals surface area contributed by atoms with Crippen molar-refractivity contribution in [2.45, 2.75) is 32.5 Å². The fraction of sp³-hybridized carbons (Fsp3) is 0.296. The molecule has 4 rings (SSSR count). The predicted octanol–water partition coefficient (Wildman–Crippen LogP) is 5.34. The summed E-state index contributed by atoms with van der Waals surface area (Å²) in [4.78, 5) is 5.06. The lowest BCUT2D eigenvalue weighted by atomic mass is 9.93. The van der Waals surface area contributed by atoms with Gasteiger partial charge in [-0.05, 0) is 43.7 Å². The molecule has 1 heterocycles. The minimum atomic E-state index is -0.389. The molecule has 0 aliphatic carbocycles. The van der Waals surface area contributed by atoms with Gasteiger partial charge in [-0.25, -0.2) is 0 Å². The van der Waals surface area contributed by atoms with Crippen LogP contribution < -0.4 is 19.5 Å². The molecule has 0 bridgehead atoms. The summed E-state index contributed by atoms with van der Waals surface area (Å²) in [5, 5.41) is 14.6. The molecule has 0 amide bonds. The minimum Gasteiger partial charge on any atom is -0.504 e. The van der Waals surface area contributed by atoms with E-state index in [-0.39, 0.29) is 18.0 Å². The zero-order valence-electron chi connectivity index (χ0n) is 19.5. The molecular weight excluding hydrogens is 416 g/mol. The third-order valence-corrected chi connectivity index (χ3v) is 5.86. The number of hydrogen-bond acceptors (Lipinski definition) is 6. The van der Waals surface area contributed by atoms with Crippen molar-refractivity contribution < 1.29 is 19.3 Å². The van der Waals surface area contributed by atoms with E-state index in [9.17, 15) is 5.11 Å². The molecule has 0 unspecified atom stereocenters. The summed E-state index contributed by atoms with van der Waals surface area (Å²) >= 11 is 0. The molecule has 0 aromatic heterocycles. The zero-order chi connectivity index (χ0) is 23.4. The molecule has 0 fully saturated rings. The highest BCUT2D eigenvalue weighted by molar-refractivity contribution is 6.01. The van der Waals surface area contributed by atoms with Crippen LogP contribution in [-0.4, -0.2) is 31.6 Å². The van der Waals surface area contributed by atoms with Crippen LogP contribution in [0.25, 0.3) is 0 Å². The fourth-order valence-corrected chi connectivity index (χ4v) is 4.13. The Morgan fingerprint density at radius 2 is 1.76 bits per heavy atom. The Balaban J connectivity index is 1.80.